The van der Waals surface area contributed by atoms with Gasteiger partial charge in [-0.1, -0.05) is 40.9 Å². The van der Waals surface area contributed by atoms with E-state index in [0.29, 0.717) is 38.0 Å². The lowest BCUT2D eigenvalue weighted by atomic mass is 10.2. The van der Waals surface area contributed by atoms with Crippen molar-refractivity contribution in [3.8, 4) is 0 Å². The Labute approximate surface area is 183 Å². The van der Waals surface area contributed by atoms with Gasteiger partial charge >= 0.3 is 0 Å². The van der Waals surface area contributed by atoms with E-state index in [4.69, 9.17) is 34.8 Å². The van der Waals surface area contributed by atoms with Gasteiger partial charge < -0.3 is 5.32 Å². The third-order valence-corrected chi connectivity index (χ3v) is 7.27. The Morgan fingerprint density at radius 3 is 2.63 bits per heavy atom. The summed E-state index contributed by atoms with van der Waals surface area (Å²) in [4.78, 5) is 12.7. The predicted octanol–water partition coefficient (Wildman–Crippen LogP) is 6.04. The summed E-state index contributed by atoms with van der Waals surface area (Å²) in [6.45, 7) is 0.443. The normalized spacial score (nSPS) is 11.0. The molecule has 1 N–H and O–H groups in total. The molecule has 0 saturated carbocycles. The van der Waals surface area contributed by atoms with Crippen molar-refractivity contribution in [3.05, 3.63) is 50.6 Å². The van der Waals surface area contributed by atoms with Crippen LogP contribution < -0.4 is 5.32 Å². The molecule has 2 aromatic heterocycles. The van der Waals surface area contributed by atoms with E-state index in [-0.39, 0.29) is 5.91 Å². The lowest BCUT2D eigenvalue weighted by Crippen LogP contribution is -2.14. The predicted molar refractivity (Wildman–Crippen MR) is 116 cm³/mol. The van der Waals surface area contributed by atoms with Crippen LogP contribution in [0, 0.1) is 0 Å². The maximum absolute atomic E-state index is 12.7. The second kappa shape index (κ2) is 9.07. The van der Waals surface area contributed by atoms with Crippen molar-refractivity contribution in [1.29, 1.82) is 0 Å². The Kier molecular flexibility index (Phi) is 6.99. The molecule has 1 amide bonds. The zero-order valence-corrected chi connectivity index (χ0v) is 18.8. The Morgan fingerprint density at radius 2 is 1.96 bits per heavy atom. The quantitative estimate of drug-likeness (QED) is 0.436. The summed E-state index contributed by atoms with van der Waals surface area (Å²) in [7, 11) is 0. The van der Waals surface area contributed by atoms with E-state index in [9.17, 15) is 4.79 Å². The number of anilines is 1. The van der Waals surface area contributed by atoms with Crippen LogP contribution in [-0.4, -0.2) is 32.6 Å². The number of benzene rings is 1. The third kappa shape index (κ3) is 4.75. The number of thioether (sulfide) groups is 2. The number of amides is 1. The molecule has 27 heavy (non-hydrogen) atoms. The minimum Gasteiger partial charge on any atom is -0.304 e. The first-order valence-electron chi connectivity index (χ1n) is 7.48. The minimum absolute atomic E-state index is 0.279. The number of hydrogen-bond acceptors (Lipinski definition) is 6. The van der Waals surface area contributed by atoms with Crippen molar-refractivity contribution in [2.45, 2.75) is 15.8 Å². The molecule has 0 aliphatic heterocycles. The van der Waals surface area contributed by atoms with Crippen molar-refractivity contribution < 1.29 is 4.79 Å². The fourth-order valence-electron chi connectivity index (χ4n) is 2.29. The van der Waals surface area contributed by atoms with Gasteiger partial charge in [0.25, 0.3) is 5.91 Å². The number of halogens is 3. The summed E-state index contributed by atoms with van der Waals surface area (Å²) >= 11 is 22.4. The highest BCUT2D eigenvalue weighted by molar-refractivity contribution is 8.01. The zero-order chi connectivity index (χ0) is 19.6. The fourth-order valence-corrected chi connectivity index (χ4v) is 5.09. The molecule has 0 unspecified atom stereocenters. The van der Waals surface area contributed by atoms with Gasteiger partial charge in [-0.25, -0.2) is 0 Å². The summed E-state index contributed by atoms with van der Waals surface area (Å²) in [5.74, 6) is 0.0196. The van der Waals surface area contributed by atoms with E-state index >= 15 is 0 Å². The monoisotopic (exact) mass is 478 g/mol. The average Bonchev–Trinajstić information content (AvgIpc) is 3.21. The van der Waals surface area contributed by atoms with Crippen molar-refractivity contribution in [2.75, 3.05) is 17.8 Å². The van der Waals surface area contributed by atoms with Crippen LogP contribution in [0.25, 0.3) is 0 Å². The minimum atomic E-state index is -0.279. The number of nitrogens with one attached hydrogen (secondary N) is 1. The molecule has 3 aromatic rings. The summed E-state index contributed by atoms with van der Waals surface area (Å²) in [6, 6.07) is 5.35. The van der Waals surface area contributed by atoms with Crippen molar-refractivity contribution in [3.63, 3.8) is 0 Å². The van der Waals surface area contributed by atoms with E-state index in [1.165, 1.54) is 35.1 Å². The first-order valence-corrected chi connectivity index (χ1v) is 11.8. The van der Waals surface area contributed by atoms with Gasteiger partial charge in [0.05, 0.1) is 26.4 Å². The fraction of sp³-hybridized carbons (Fsp3) is 0.188. The number of rotatable bonds is 6. The van der Waals surface area contributed by atoms with Crippen LogP contribution in [0.2, 0.25) is 15.1 Å². The molecule has 0 bridgehead atoms. The molecule has 1 aromatic carbocycles. The molecule has 0 radical (unpaired) electrons. The van der Waals surface area contributed by atoms with Gasteiger partial charge in [-0.05, 0) is 41.7 Å². The number of hydrogen-bond donors (Lipinski definition) is 1. The molecular weight excluding hydrogens is 467 g/mol. The van der Waals surface area contributed by atoms with Gasteiger partial charge in [0.15, 0.2) is 5.82 Å². The van der Waals surface area contributed by atoms with Crippen molar-refractivity contribution >= 4 is 81.6 Å². The molecule has 3 rings (SSSR count). The zero-order valence-electron chi connectivity index (χ0n) is 14.1. The number of nitrogens with zero attached hydrogens (tertiary/aromatic N) is 3. The molecule has 0 saturated heterocycles. The Bertz CT molecular complexity index is 968. The Balaban J connectivity index is 1.79. The molecule has 5 nitrogen and oxygen atoms in total. The van der Waals surface area contributed by atoms with Gasteiger partial charge in [0.1, 0.15) is 10.0 Å². The van der Waals surface area contributed by atoms with Crippen molar-refractivity contribution in [1.82, 2.24) is 14.2 Å². The Morgan fingerprint density at radius 1 is 1.19 bits per heavy atom. The van der Waals surface area contributed by atoms with Crippen LogP contribution in [0.4, 0.5) is 5.82 Å². The smallest absolute Gasteiger partial charge is 0.261 e. The van der Waals surface area contributed by atoms with E-state index < -0.39 is 0 Å². The van der Waals surface area contributed by atoms with Gasteiger partial charge in [0, 0.05) is 6.20 Å². The van der Waals surface area contributed by atoms with E-state index in [2.05, 4.69) is 14.8 Å². The number of carbonyl (C=O) groups excluding carboxylic acids is 1. The maximum atomic E-state index is 12.7. The largest absolute Gasteiger partial charge is 0.304 e. The second-order valence-electron chi connectivity index (χ2n) is 5.28. The van der Waals surface area contributed by atoms with Crippen LogP contribution >= 0.6 is 69.9 Å². The summed E-state index contributed by atoms with van der Waals surface area (Å²) in [5, 5.41) is 9.14. The van der Waals surface area contributed by atoms with Crippen LogP contribution in [0.1, 0.15) is 15.9 Å². The maximum Gasteiger partial charge on any atom is 0.261 e. The molecule has 11 heteroatoms. The van der Waals surface area contributed by atoms with Crippen LogP contribution in [0.15, 0.2) is 33.6 Å². The van der Waals surface area contributed by atoms with Crippen LogP contribution in [0.5, 0.6) is 0 Å². The first-order chi connectivity index (χ1) is 12.9. The van der Waals surface area contributed by atoms with Crippen molar-refractivity contribution in [2.24, 2.45) is 0 Å². The van der Waals surface area contributed by atoms with E-state index in [1.54, 1.807) is 23.0 Å². The lowest BCUT2D eigenvalue weighted by molar-refractivity contribution is 0.102. The highest BCUT2D eigenvalue weighted by atomic mass is 35.5. The van der Waals surface area contributed by atoms with E-state index in [1.807, 2.05) is 18.6 Å². The van der Waals surface area contributed by atoms with Crippen LogP contribution in [0.3, 0.4) is 0 Å². The molecule has 2 heterocycles. The standard InChI is InChI=1S/C16H13Cl3N4OS3/c1-25-15-12(16(26-2)27-22-15)14(24)20-13-11(19)7-23(21-13)6-8-3-4-9(17)10(18)5-8/h3-5,7H,6H2,1-2H3,(H,20,21,24). The van der Waals surface area contributed by atoms with E-state index in [0.717, 1.165) is 9.77 Å². The lowest BCUT2D eigenvalue weighted by Gasteiger charge is -2.05. The highest BCUT2D eigenvalue weighted by Gasteiger charge is 2.22. The molecule has 0 atom stereocenters. The van der Waals surface area contributed by atoms with Gasteiger partial charge in [0.2, 0.25) is 0 Å². The molecule has 0 spiro atoms. The van der Waals surface area contributed by atoms with Gasteiger partial charge in [-0.15, -0.1) is 23.5 Å². The summed E-state index contributed by atoms with van der Waals surface area (Å²) in [6.07, 6.45) is 5.44. The topological polar surface area (TPSA) is 59.8 Å². The third-order valence-electron chi connectivity index (χ3n) is 3.51. The summed E-state index contributed by atoms with van der Waals surface area (Å²) < 4.78 is 6.79. The molecule has 142 valence electrons. The second-order valence-corrected chi connectivity index (χ2v) is 9.15. The van der Waals surface area contributed by atoms with Crippen LogP contribution in [-0.2, 0) is 6.54 Å². The number of aromatic nitrogens is 3. The Hall–Kier alpha value is -0.900. The molecule has 0 fully saturated rings. The molecule has 0 aliphatic carbocycles. The van der Waals surface area contributed by atoms with Gasteiger partial charge in [-0.3, -0.25) is 9.48 Å². The molecular formula is C16H13Cl3N4OS3. The number of carbonyl (C=O) groups is 1. The summed E-state index contributed by atoms with van der Waals surface area (Å²) in [5.41, 5.74) is 1.47. The average molecular weight is 480 g/mol. The SMILES string of the molecule is CSc1nsc(SC)c1C(=O)Nc1nn(Cc2ccc(Cl)c(Cl)c2)cc1Cl. The molecule has 0 aliphatic rings. The van der Waals surface area contributed by atoms with Gasteiger partial charge in [-0.2, -0.15) is 9.47 Å². The first kappa shape index (κ1) is 20.8. The highest BCUT2D eigenvalue weighted by Crippen LogP contribution is 2.33.